The fourth-order valence-corrected chi connectivity index (χ4v) is 3.41. The monoisotopic (exact) mass is 324 g/mol. The maximum absolute atomic E-state index is 12.5. The van der Waals surface area contributed by atoms with Crippen molar-refractivity contribution < 1.29 is 4.79 Å². The molecule has 0 aromatic heterocycles. The summed E-state index contributed by atoms with van der Waals surface area (Å²) in [5.74, 6) is 0.946. The fraction of sp³-hybridized carbons (Fsp3) is 0.522. The molecule has 0 amide bonds. The number of Topliss-reactive ketones (excluding diaryl/α,β-unsaturated/α-hetero) is 1. The number of rotatable bonds is 10. The molecule has 0 bridgehead atoms. The van der Waals surface area contributed by atoms with Gasteiger partial charge in [-0.05, 0) is 30.7 Å². The minimum Gasteiger partial charge on any atom is -0.289 e. The SMILES string of the molecule is CCCCC(CCCC)Cc1ccc(C(=O)C2=CCCC=C2)cc1. The first-order valence-corrected chi connectivity index (χ1v) is 9.75. The lowest BCUT2D eigenvalue weighted by Gasteiger charge is -2.16. The Bertz CT molecular complexity index is 554. The van der Waals surface area contributed by atoms with Gasteiger partial charge in [-0.3, -0.25) is 4.79 Å². The van der Waals surface area contributed by atoms with E-state index in [1.807, 2.05) is 18.2 Å². The normalized spacial score (nSPS) is 14.0. The maximum atomic E-state index is 12.5. The molecule has 0 radical (unpaired) electrons. The van der Waals surface area contributed by atoms with E-state index in [-0.39, 0.29) is 5.78 Å². The minimum absolute atomic E-state index is 0.158. The molecule has 1 aromatic carbocycles. The van der Waals surface area contributed by atoms with Gasteiger partial charge in [-0.2, -0.15) is 0 Å². The van der Waals surface area contributed by atoms with Crippen LogP contribution in [0, 0.1) is 5.92 Å². The highest BCUT2D eigenvalue weighted by atomic mass is 16.1. The van der Waals surface area contributed by atoms with Crippen LogP contribution in [0.1, 0.15) is 81.1 Å². The molecule has 0 atom stereocenters. The number of carbonyl (C=O) groups is 1. The summed E-state index contributed by atoms with van der Waals surface area (Å²) in [5.41, 5.74) is 3.03. The second-order valence-electron chi connectivity index (χ2n) is 7.02. The zero-order valence-corrected chi connectivity index (χ0v) is 15.4. The summed E-state index contributed by atoms with van der Waals surface area (Å²) in [5, 5.41) is 0. The maximum Gasteiger partial charge on any atom is 0.192 e. The third kappa shape index (κ3) is 5.78. The molecule has 0 saturated heterocycles. The third-order valence-corrected chi connectivity index (χ3v) is 4.93. The van der Waals surface area contributed by atoms with Gasteiger partial charge >= 0.3 is 0 Å². The molecule has 1 aromatic rings. The topological polar surface area (TPSA) is 17.1 Å². The Morgan fingerprint density at radius 1 is 1.00 bits per heavy atom. The summed E-state index contributed by atoms with van der Waals surface area (Å²) in [4.78, 5) is 12.5. The van der Waals surface area contributed by atoms with Crippen LogP contribution in [0.25, 0.3) is 0 Å². The van der Waals surface area contributed by atoms with E-state index < -0.39 is 0 Å². The van der Waals surface area contributed by atoms with Crippen LogP contribution >= 0.6 is 0 Å². The van der Waals surface area contributed by atoms with Gasteiger partial charge in [-0.15, -0.1) is 0 Å². The standard InChI is InChI=1S/C23H32O/c1-3-5-10-19(11-6-4-2)18-20-14-16-22(17-15-20)23(24)21-12-8-7-9-13-21/h8,12-17,19H,3-7,9-11,18H2,1-2H3. The highest BCUT2D eigenvalue weighted by Gasteiger charge is 2.13. The van der Waals surface area contributed by atoms with E-state index in [9.17, 15) is 4.79 Å². The van der Waals surface area contributed by atoms with Crippen LogP contribution in [0.15, 0.2) is 48.1 Å². The van der Waals surface area contributed by atoms with E-state index >= 15 is 0 Å². The van der Waals surface area contributed by atoms with E-state index in [2.05, 4.69) is 38.1 Å². The lowest BCUT2D eigenvalue weighted by molar-refractivity contribution is 0.103. The molecule has 0 saturated carbocycles. The molecule has 1 nitrogen and oxygen atoms in total. The average Bonchev–Trinajstić information content (AvgIpc) is 2.64. The van der Waals surface area contributed by atoms with Crippen LogP contribution in [0.5, 0.6) is 0 Å². The number of allylic oxidation sites excluding steroid dienone is 4. The van der Waals surface area contributed by atoms with Crippen molar-refractivity contribution in [3.05, 3.63) is 59.2 Å². The first-order valence-electron chi connectivity index (χ1n) is 9.75. The molecular weight excluding hydrogens is 292 g/mol. The van der Waals surface area contributed by atoms with Crippen LogP contribution < -0.4 is 0 Å². The second kappa shape index (κ2) is 10.3. The van der Waals surface area contributed by atoms with E-state index in [0.717, 1.165) is 36.3 Å². The van der Waals surface area contributed by atoms with Gasteiger partial charge in [0, 0.05) is 11.1 Å². The Morgan fingerprint density at radius 3 is 2.21 bits per heavy atom. The number of ketones is 1. The van der Waals surface area contributed by atoms with Crippen molar-refractivity contribution in [1.29, 1.82) is 0 Å². The van der Waals surface area contributed by atoms with Crippen molar-refractivity contribution in [2.45, 2.75) is 71.6 Å². The van der Waals surface area contributed by atoms with Gasteiger partial charge in [0.1, 0.15) is 0 Å². The Kier molecular flexibility index (Phi) is 8.01. The van der Waals surface area contributed by atoms with Gasteiger partial charge in [0.25, 0.3) is 0 Å². The molecular formula is C23H32O. The van der Waals surface area contributed by atoms with Gasteiger partial charge in [0.05, 0.1) is 0 Å². The summed E-state index contributed by atoms with van der Waals surface area (Å²) in [6, 6.07) is 8.34. The summed E-state index contributed by atoms with van der Waals surface area (Å²) in [6.07, 6.45) is 17.1. The first-order chi connectivity index (χ1) is 11.7. The molecule has 0 heterocycles. The lowest BCUT2D eigenvalue weighted by Crippen LogP contribution is -2.06. The fourth-order valence-electron chi connectivity index (χ4n) is 3.41. The van der Waals surface area contributed by atoms with Crippen LogP contribution in [0.3, 0.4) is 0 Å². The molecule has 0 aliphatic heterocycles. The molecule has 1 aliphatic carbocycles. The Morgan fingerprint density at radius 2 is 1.67 bits per heavy atom. The molecule has 24 heavy (non-hydrogen) atoms. The zero-order chi connectivity index (χ0) is 17.2. The van der Waals surface area contributed by atoms with E-state index in [0.29, 0.717) is 0 Å². The Hall–Kier alpha value is -1.63. The predicted octanol–water partition coefficient (Wildman–Crippen LogP) is 6.68. The number of carbonyl (C=O) groups excluding carboxylic acids is 1. The summed E-state index contributed by atoms with van der Waals surface area (Å²) in [6.45, 7) is 4.54. The quantitative estimate of drug-likeness (QED) is 0.438. The van der Waals surface area contributed by atoms with Crippen molar-refractivity contribution in [3.8, 4) is 0 Å². The number of hydrogen-bond donors (Lipinski definition) is 0. The van der Waals surface area contributed by atoms with Crippen molar-refractivity contribution in [3.63, 3.8) is 0 Å². The largest absolute Gasteiger partial charge is 0.289 e. The summed E-state index contributed by atoms with van der Waals surface area (Å²) >= 11 is 0. The Labute approximate surface area is 147 Å². The number of hydrogen-bond acceptors (Lipinski definition) is 1. The summed E-state index contributed by atoms with van der Waals surface area (Å²) < 4.78 is 0. The molecule has 130 valence electrons. The smallest absolute Gasteiger partial charge is 0.192 e. The number of unbranched alkanes of at least 4 members (excludes halogenated alkanes) is 2. The Balaban J connectivity index is 1.98. The van der Waals surface area contributed by atoms with Crippen molar-refractivity contribution in [1.82, 2.24) is 0 Å². The van der Waals surface area contributed by atoms with Gasteiger partial charge in [0.2, 0.25) is 0 Å². The second-order valence-corrected chi connectivity index (χ2v) is 7.02. The molecule has 1 heteroatoms. The third-order valence-electron chi connectivity index (χ3n) is 4.93. The van der Waals surface area contributed by atoms with Crippen molar-refractivity contribution in [2.24, 2.45) is 5.92 Å². The minimum atomic E-state index is 0.158. The van der Waals surface area contributed by atoms with E-state index in [1.54, 1.807) is 0 Å². The van der Waals surface area contributed by atoms with Crippen LogP contribution in [0.4, 0.5) is 0 Å². The molecule has 1 aliphatic rings. The highest BCUT2D eigenvalue weighted by Crippen LogP contribution is 2.22. The van der Waals surface area contributed by atoms with Crippen molar-refractivity contribution >= 4 is 5.78 Å². The molecule has 2 rings (SSSR count). The zero-order valence-electron chi connectivity index (χ0n) is 15.4. The highest BCUT2D eigenvalue weighted by molar-refractivity contribution is 6.10. The molecule has 0 N–H and O–H groups in total. The first kappa shape index (κ1) is 18.7. The van der Waals surface area contributed by atoms with Gasteiger partial charge in [0.15, 0.2) is 5.78 Å². The number of benzene rings is 1. The average molecular weight is 325 g/mol. The predicted molar refractivity (Wildman–Crippen MR) is 103 cm³/mol. The van der Waals surface area contributed by atoms with Crippen LogP contribution in [-0.2, 0) is 6.42 Å². The van der Waals surface area contributed by atoms with E-state index in [1.165, 1.54) is 44.1 Å². The molecule has 0 spiro atoms. The van der Waals surface area contributed by atoms with E-state index in [4.69, 9.17) is 0 Å². The lowest BCUT2D eigenvalue weighted by atomic mass is 9.89. The van der Waals surface area contributed by atoms with Crippen LogP contribution in [0.2, 0.25) is 0 Å². The van der Waals surface area contributed by atoms with Gasteiger partial charge < -0.3 is 0 Å². The van der Waals surface area contributed by atoms with Crippen LogP contribution in [-0.4, -0.2) is 5.78 Å². The van der Waals surface area contributed by atoms with Gasteiger partial charge in [-0.1, -0.05) is 94.9 Å². The van der Waals surface area contributed by atoms with Gasteiger partial charge in [-0.25, -0.2) is 0 Å². The molecule has 0 unspecified atom stereocenters. The van der Waals surface area contributed by atoms with Crippen molar-refractivity contribution in [2.75, 3.05) is 0 Å². The molecule has 0 fully saturated rings. The summed E-state index contributed by atoms with van der Waals surface area (Å²) in [7, 11) is 0.